The standard InChI is InChI=1S/C14H17NO3S/c16-9-10-7-8-15-14(10)12-3-1-2-4-13(12)19(17,18)11-5-6-11/h1-4,9-11,14-15H,5-8H2/t10-,14-/m0/s1. The number of sulfone groups is 1. The van der Waals surface area contributed by atoms with Gasteiger partial charge in [0.2, 0.25) is 0 Å². The Labute approximate surface area is 113 Å². The van der Waals surface area contributed by atoms with Crippen LogP contribution >= 0.6 is 0 Å². The Morgan fingerprint density at radius 1 is 1.16 bits per heavy atom. The Morgan fingerprint density at radius 2 is 1.89 bits per heavy atom. The Hall–Kier alpha value is -1.20. The predicted octanol–water partition coefficient (Wildman–Crippen LogP) is 1.47. The summed E-state index contributed by atoms with van der Waals surface area (Å²) in [6.45, 7) is 0.756. The van der Waals surface area contributed by atoms with Crippen molar-refractivity contribution < 1.29 is 13.2 Å². The van der Waals surface area contributed by atoms with E-state index in [0.717, 1.165) is 37.7 Å². The van der Waals surface area contributed by atoms with Gasteiger partial charge >= 0.3 is 0 Å². The second-order valence-corrected chi connectivity index (χ2v) is 7.50. The third kappa shape index (κ3) is 2.21. The summed E-state index contributed by atoms with van der Waals surface area (Å²) >= 11 is 0. The van der Waals surface area contributed by atoms with Gasteiger partial charge in [0.25, 0.3) is 0 Å². The molecule has 1 aromatic carbocycles. The van der Waals surface area contributed by atoms with Gasteiger partial charge in [0.15, 0.2) is 9.84 Å². The molecule has 1 saturated carbocycles. The first-order valence-electron chi connectivity index (χ1n) is 6.66. The molecular weight excluding hydrogens is 262 g/mol. The summed E-state index contributed by atoms with van der Waals surface area (Å²) in [5, 5.41) is 3.03. The highest BCUT2D eigenvalue weighted by molar-refractivity contribution is 7.92. The van der Waals surface area contributed by atoms with Crippen LogP contribution < -0.4 is 5.32 Å². The van der Waals surface area contributed by atoms with Gasteiger partial charge < -0.3 is 10.1 Å². The third-order valence-corrected chi connectivity index (χ3v) is 6.30. The Balaban J connectivity index is 2.04. The molecule has 102 valence electrons. The minimum atomic E-state index is -3.22. The maximum atomic E-state index is 12.5. The molecule has 5 heteroatoms. The van der Waals surface area contributed by atoms with Crippen LogP contribution in [0.1, 0.15) is 30.9 Å². The van der Waals surface area contributed by atoms with Gasteiger partial charge in [-0.1, -0.05) is 18.2 Å². The van der Waals surface area contributed by atoms with Crippen LogP contribution in [-0.2, 0) is 14.6 Å². The highest BCUT2D eigenvalue weighted by Gasteiger charge is 2.40. The minimum Gasteiger partial charge on any atom is -0.309 e. The van der Waals surface area contributed by atoms with E-state index in [1.54, 1.807) is 12.1 Å². The van der Waals surface area contributed by atoms with Crippen molar-refractivity contribution in [3.05, 3.63) is 29.8 Å². The molecule has 0 spiro atoms. The first-order valence-corrected chi connectivity index (χ1v) is 8.20. The van der Waals surface area contributed by atoms with Gasteiger partial charge in [-0.25, -0.2) is 8.42 Å². The van der Waals surface area contributed by atoms with Crippen LogP contribution in [0.4, 0.5) is 0 Å². The topological polar surface area (TPSA) is 63.2 Å². The van der Waals surface area contributed by atoms with E-state index in [9.17, 15) is 13.2 Å². The number of hydrogen-bond acceptors (Lipinski definition) is 4. The van der Waals surface area contributed by atoms with Crippen molar-refractivity contribution in [2.45, 2.75) is 35.4 Å². The molecule has 1 saturated heterocycles. The summed E-state index contributed by atoms with van der Waals surface area (Å²) < 4.78 is 24.9. The second-order valence-electron chi connectivity index (χ2n) is 5.30. The Morgan fingerprint density at radius 3 is 2.58 bits per heavy atom. The summed E-state index contributed by atoms with van der Waals surface area (Å²) in [6, 6.07) is 6.93. The molecule has 1 N–H and O–H groups in total. The minimum absolute atomic E-state index is 0.129. The number of carbonyl (C=O) groups is 1. The zero-order chi connectivity index (χ0) is 13.5. The van der Waals surface area contributed by atoms with Crippen molar-refractivity contribution in [2.24, 2.45) is 5.92 Å². The average Bonchev–Trinajstić information content (AvgIpc) is 3.18. The van der Waals surface area contributed by atoms with Crippen molar-refractivity contribution in [3.8, 4) is 0 Å². The zero-order valence-electron chi connectivity index (χ0n) is 10.6. The predicted molar refractivity (Wildman–Crippen MR) is 71.6 cm³/mol. The van der Waals surface area contributed by atoms with Gasteiger partial charge in [0, 0.05) is 12.0 Å². The molecule has 1 heterocycles. The summed E-state index contributed by atoms with van der Waals surface area (Å²) in [4.78, 5) is 11.5. The third-order valence-electron chi connectivity index (χ3n) is 3.97. The highest BCUT2D eigenvalue weighted by atomic mass is 32.2. The lowest BCUT2D eigenvalue weighted by molar-refractivity contribution is -0.111. The molecule has 3 rings (SSSR count). The summed E-state index contributed by atoms with van der Waals surface area (Å²) in [5.41, 5.74) is 0.754. The van der Waals surface area contributed by atoms with Crippen LogP contribution in [0.15, 0.2) is 29.2 Å². The molecule has 0 unspecified atom stereocenters. The number of benzene rings is 1. The monoisotopic (exact) mass is 279 g/mol. The highest BCUT2D eigenvalue weighted by Crippen LogP contribution is 2.38. The molecule has 2 aliphatic rings. The van der Waals surface area contributed by atoms with Gasteiger partial charge in [-0.2, -0.15) is 0 Å². The van der Waals surface area contributed by atoms with E-state index in [0.29, 0.717) is 4.90 Å². The van der Waals surface area contributed by atoms with E-state index in [1.807, 2.05) is 12.1 Å². The molecule has 2 atom stereocenters. The largest absolute Gasteiger partial charge is 0.309 e. The van der Waals surface area contributed by atoms with Crippen LogP contribution in [0, 0.1) is 5.92 Å². The number of rotatable bonds is 4. The molecule has 0 bridgehead atoms. The van der Waals surface area contributed by atoms with Crippen LogP contribution in [0.25, 0.3) is 0 Å². The van der Waals surface area contributed by atoms with E-state index in [1.165, 1.54) is 0 Å². The fraction of sp³-hybridized carbons (Fsp3) is 0.500. The van der Waals surface area contributed by atoms with Crippen molar-refractivity contribution in [1.82, 2.24) is 5.32 Å². The van der Waals surface area contributed by atoms with Gasteiger partial charge in [0.05, 0.1) is 10.1 Å². The van der Waals surface area contributed by atoms with Crippen molar-refractivity contribution in [1.29, 1.82) is 0 Å². The maximum Gasteiger partial charge on any atom is 0.181 e. The van der Waals surface area contributed by atoms with Gasteiger partial charge in [-0.05, 0) is 37.4 Å². The molecule has 19 heavy (non-hydrogen) atoms. The van der Waals surface area contributed by atoms with Crippen LogP contribution in [-0.4, -0.2) is 26.5 Å². The first-order chi connectivity index (χ1) is 9.14. The fourth-order valence-corrected chi connectivity index (χ4v) is 4.67. The lowest BCUT2D eigenvalue weighted by atomic mass is 9.95. The number of aldehydes is 1. The Kier molecular flexibility index (Phi) is 3.19. The van der Waals surface area contributed by atoms with E-state index in [4.69, 9.17) is 0 Å². The SMILES string of the molecule is O=C[C@@H]1CCN[C@@H]1c1ccccc1S(=O)(=O)C1CC1. The number of carbonyl (C=O) groups excluding carboxylic acids is 1. The van der Waals surface area contributed by atoms with E-state index in [-0.39, 0.29) is 17.2 Å². The molecular formula is C14H17NO3S. The fourth-order valence-electron chi connectivity index (χ4n) is 2.77. The molecule has 4 nitrogen and oxygen atoms in total. The van der Waals surface area contributed by atoms with Crippen LogP contribution in [0.5, 0.6) is 0 Å². The molecule has 2 fully saturated rings. The Bertz CT molecular complexity index is 592. The van der Waals surface area contributed by atoms with Crippen molar-refractivity contribution in [2.75, 3.05) is 6.54 Å². The second kappa shape index (κ2) is 4.72. The van der Waals surface area contributed by atoms with Crippen LogP contribution in [0.3, 0.4) is 0 Å². The molecule has 0 aromatic heterocycles. The van der Waals surface area contributed by atoms with Crippen LogP contribution in [0.2, 0.25) is 0 Å². The molecule has 0 amide bonds. The lowest BCUT2D eigenvalue weighted by Crippen LogP contribution is -2.22. The summed E-state index contributed by atoms with van der Waals surface area (Å²) in [7, 11) is -3.22. The molecule has 1 aliphatic heterocycles. The first kappa shape index (κ1) is 12.8. The van der Waals surface area contributed by atoms with E-state index < -0.39 is 9.84 Å². The average molecular weight is 279 g/mol. The van der Waals surface area contributed by atoms with Gasteiger partial charge in [0.1, 0.15) is 6.29 Å². The van der Waals surface area contributed by atoms with Crippen molar-refractivity contribution in [3.63, 3.8) is 0 Å². The van der Waals surface area contributed by atoms with Crippen molar-refractivity contribution >= 4 is 16.1 Å². The molecule has 1 aliphatic carbocycles. The van der Waals surface area contributed by atoms with Gasteiger partial charge in [-0.3, -0.25) is 0 Å². The number of hydrogen-bond donors (Lipinski definition) is 1. The maximum absolute atomic E-state index is 12.5. The normalized spacial score (nSPS) is 27.4. The molecule has 0 radical (unpaired) electrons. The smallest absolute Gasteiger partial charge is 0.181 e. The molecule has 1 aromatic rings. The lowest BCUT2D eigenvalue weighted by Gasteiger charge is -2.19. The van der Waals surface area contributed by atoms with Gasteiger partial charge in [-0.15, -0.1) is 0 Å². The van der Waals surface area contributed by atoms with E-state index in [2.05, 4.69) is 5.32 Å². The van der Waals surface area contributed by atoms with E-state index >= 15 is 0 Å². The summed E-state index contributed by atoms with van der Waals surface area (Å²) in [5.74, 6) is -0.129. The summed E-state index contributed by atoms with van der Waals surface area (Å²) in [6.07, 6.45) is 3.22. The quantitative estimate of drug-likeness (QED) is 0.848. The number of nitrogens with one attached hydrogen (secondary N) is 1. The zero-order valence-corrected chi connectivity index (χ0v) is 11.4.